The summed E-state index contributed by atoms with van der Waals surface area (Å²) in [6.45, 7) is 5.97. The molecule has 1 saturated heterocycles. The smallest absolute Gasteiger partial charge is 0.274 e. The lowest BCUT2D eigenvalue weighted by molar-refractivity contribution is 0.0364. The predicted octanol–water partition coefficient (Wildman–Crippen LogP) is 2.82. The molecule has 4 rings (SSSR count). The second-order valence-electron chi connectivity index (χ2n) is 6.32. The number of aliphatic imine (C=N–C) groups is 1. The van der Waals surface area contributed by atoms with Crippen LogP contribution >= 0.6 is 11.8 Å². The Morgan fingerprint density at radius 2 is 2.04 bits per heavy atom. The zero-order valence-electron chi connectivity index (χ0n) is 15.2. The lowest BCUT2D eigenvalue weighted by atomic mass is 10.1. The van der Waals surface area contributed by atoms with Crippen molar-refractivity contribution in [1.82, 2.24) is 15.7 Å². The number of nitrogens with zero attached hydrogens (tertiary/aromatic N) is 2. The molecule has 0 aromatic heterocycles. The van der Waals surface area contributed by atoms with Gasteiger partial charge in [0.25, 0.3) is 5.91 Å². The fraction of sp³-hybridized carbons (Fsp3) is 0.300. The zero-order valence-corrected chi connectivity index (χ0v) is 16.0. The first kappa shape index (κ1) is 18.0. The summed E-state index contributed by atoms with van der Waals surface area (Å²) >= 11 is 1.69. The van der Waals surface area contributed by atoms with Gasteiger partial charge in [-0.2, -0.15) is 0 Å². The highest BCUT2D eigenvalue weighted by atomic mass is 32.2. The fourth-order valence-electron chi connectivity index (χ4n) is 3.18. The van der Waals surface area contributed by atoms with Gasteiger partial charge in [0.2, 0.25) is 0 Å². The number of amides is 1. The van der Waals surface area contributed by atoms with Crippen molar-refractivity contribution < 1.29 is 9.63 Å². The van der Waals surface area contributed by atoms with Crippen LogP contribution in [0.1, 0.15) is 22.8 Å². The molecule has 1 fully saturated rings. The molecular weight excluding hydrogens is 360 g/mol. The molecule has 2 aliphatic rings. The highest BCUT2D eigenvalue weighted by Gasteiger charge is 2.23. The van der Waals surface area contributed by atoms with Crippen LogP contribution in [0.3, 0.4) is 0 Å². The molecule has 7 heteroatoms. The van der Waals surface area contributed by atoms with E-state index >= 15 is 0 Å². The second kappa shape index (κ2) is 8.12. The lowest BCUT2D eigenvalue weighted by Crippen LogP contribution is -2.46. The third kappa shape index (κ3) is 3.85. The van der Waals surface area contributed by atoms with Crippen molar-refractivity contribution in [3.05, 3.63) is 53.6 Å². The van der Waals surface area contributed by atoms with E-state index in [4.69, 9.17) is 9.83 Å². The van der Waals surface area contributed by atoms with Crippen molar-refractivity contribution in [1.29, 1.82) is 0 Å². The molecule has 6 nitrogen and oxygen atoms in total. The number of amidine groups is 1. The summed E-state index contributed by atoms with van der Waals surface area (Å²) in [5, 5.41) is 3.39. The number of carbonyl (C=O) groups is 1. The summed E-state index contributed by atoms with van der Waals surface area (Å²) < 4.78 is 0. The van der Waals surface area contributed by atoms with Crippen molar-refractivity contribution in [2.24, 2.45) is 4.99 Å². The Morgan fingerprint density at radius 1 is 1.22 bits per heavy atom. The van der Waals surface area contributed by atoms with E-state index in [0.29, 0.717) is 12.2 Å². The van der Waals surface area contributed by atoms with Crippen LogP contribution in [-0.2, 0) is 4.84 Å². The molecular formula is C20H22N4O2S. The molecule has 1 amide bonds. The van der Waals surface area contributed by atoms with Crippen LogP contribution in [0.5, 0.6) is 0 Å². The van der Waals surface area contributed by atoms with Crippen LogP contribution in [-0.4, -0.2) is 49.4 Å². The van der Waals surface area contributed by atoms with Gasteiger partial charge in [0.1, 0.15) is 5.84 Å². The van der Waals surface area contributed by atoms with Gasteiger partial charge in [0.15, 0.2) is 0 Å². The first-order valence-corrected chi connectivity index (χ1v) is 9.95. The Bertz CT molecular complexity index is 878. The van der Waals surface area contributed by atoms with Gasteiger partial charge in [-0.3, -0.25) is 9.63 Å². The van der Waals surface area contributed by atoms with Gasteiger partial charge < -0.3 is 10.2 Å². The fourth-order valence-corrected chi connectivity index (χ4v) is 4.18. The summed E-state index contributed by atoms with van der Waals surface area (Å²) in [4.78, 5) is 26.8. The molecule has 140 valence electrons. The van der Waals surface area contributed by atoms with E-state index in [0.717, 1.165) is 48.2 Å². The van der Waals surface area contributed by atoms with E-state index in [-0.39, 0.29) is 5.91 Å². The average Bonchev–Trinajstić information content (AvgIpc) is 2.88. The highest BCUT2D eigenvalue weighted by molar-refractivity contribution is 7.99. The molecule has 0 saturated carbocycles. The maximum atomic E-state index is 12.3. The Kier molecular flexibility index (Phi) is 5.42. The second-order valence-corrected chi connectivity index (χ2v) is 7.40. The summed E-state index contributed by atoms with van der Waals surface area (Å²) in [6, 6.07) is 14.0. The molecule has 2 aliphatic heterocycles. The maximum Gasteiger partial charge on any atom is 0.274 e. The third-order valence-corrected chi connectivity index (χ3v) is 5.66. The standard InChI is InChI=1S/C20H22N4O2S/c1-2-26-23-20(25)14-7-8-18-16(13-14)22-19(24-11-9-21-10-12-24)15-5-3-4-6-17(15)27-18/h3-8,13,21H,2,9-12H2,1H3,(H,23,25). The topological polar surface area (TPSA) is 66.0 Å². The molecule has 0 radical (unpaired) electrons. The van der Waals surface area contributed by atoms with Crippen molar-refractivity contribution >= 4 is 29.2 Å². The lowest BCUT2D eigenvalue weighted by Gasteiger charge is -2.30. The Labute approximate surface area is 163 Å². The van der Waals surface area contributed by atoms with Gasteiger partial charge in [-0.25, -0.2) is 10.5 Å². The van der Waals surface area contributed by atoms with Crippen LogP contribution in [0.15, 0.2) is 57.2 Å². The van der Waals surface area contributed by atoms with Gasteiger partial charge >= 0.3 is 0 Å². The number of hydrogen-bond donors (Lipinski definition) is 2. The molecule has 2 aromatic rings. The molecule has 0 unspecified atom stereocenters. The number of rotatable bonds is 3. The Hall–Kier alpha value is -2.35. The molecule has 0 spiro atoms. The van der Waals surface area contributed by atoms with Gasteiger partial charge in [-0.05, 0) is 31.2 Å². The summed E-state index contributed by atoms with van der Waals surface area (Å²) in [5.41, 5.74) is 4.94. The molecule has 0 aliphatic carbocycles. The number of nitrogens with one attached hydrogen (secondary N) is 2. The highest BCUT2D eigenvalue weighted by Crippen LogP contribution is 2.41. The molecule has 0 bridgehead atoms. The number of carbonyl (C=O) groups excluding carboxylic acids is 1. The third-order valence-electron chi connectivity index (χ3n) is 4.52. The monoisotopic (exact) mass is 382 g/mol. The Balaban J connectivity index is 1.76. The van der Waals surface area contributed by atoms with E-state index in [1.807, 2.05) is 31.2 Å². The zero-order chi connectivity index (χ0) is 18.6. The number of benzene rings is 2. The summed E-state index contributed by atoms with van der Waals surface area (Å²) in [5.74, 6) is 0.714. The van der Waals surface area contributed by atoms with Crippen LogP contribution in [0, 0.1) is 0 Å². The molecule has 2 N–H and O–H groups in total. The summed E-state index contributed by atoms with van der Waals surface area (Å²) in [6.07, 6.45) is 0. The number of hydrogen-bond acceptors (Lipinski definition) is 6. The average molecular weight is 382 g/mol. The quantitative estimate of drug-likeness (QED) is 0.799. The van der Waals surface area contributed by atoms with E-state index in [2.05, 4.69) is 33.9 Å². The van der Waals surface area contributed by atoms with Crippen LogP contribution in [0.4, 0.5) is 5.69 Å². The predicted molar refractivity (Wildman–Crippen MR) is 107 cm³/mol. The number of piperazine rings is 1. The van der Waals surface area contributed by atoms with E-state index in [1.165, 1.54) is 4.90 Å². The number of fused-ring (bicyclic) bond motifs is 2. The van der Waals surface area contributed by atoms with Gasteiger partial charge in [0.05, 0.1) is 12.3 Å². The van der Waals surface area contributed by atoms with Crippen LogP contribution in [0.2, 0.25) is 0 Å². The van der Waals surface area contributed by atoms with Crippen molar-refractivity contribution in [2.45, 2.75) is 16.7 Å². The first-order chi connectivity index (χ1) is 13.3. The van der Waals surface area contributed by atoms with E-state index < -0.39 is 0 Å². The maximum absolute atomic E-state index is 12.3. The SMILES string of the molecule is CCONC(=O)c1ccc2c(c1)N=C(N1CCNCC1)c1ccccc1S2. The summed E-state index contributed by atoms with van der Waals surface area (Å²) in [7, 11) is 0. The van der Waals surface area contributed by atoms with Gasteiger partial charge in [-0.1, -0.05) is 30.0 Å². The molecule has 0 atom stereocenters. The van der Waals surface area contributed by atoms with E-state index in [9.17, 15) is 4.79 Å². The largest absolute Gasteiger partial charge is 0.354 e. The van der Waals surface area contributed by atoms with Gasteiger partial charge in [-0.15, -0.1) is 0 Å². The van der Waals surface area contributed by atoms with Crippen molar-refractivity contribution in [2.75, 3.05) is 32.8 Å². The van der Waals surface area contributed by atoms with Crippen molar-refractivity contribution in [3.63, 3.8) is 0 Å². The minimum atomic E-state index is -0.259. The Morgan fingerprint density at radius 3 is 2.85 bits per heavy atom. The molecule has 2 heterocycles. The van der Waals surface area contributed by atoms with Gasteiger partial charge in [0, 0.05) is 47.1 Å². The van der Waals surface area contributed by atoms with Crippen molar-refractivity contribution in [3.8, 4) is 0 Å². The minimum Gasteiger partial charge on any atom is -0.354 e. The number of hydroxylamine groups is 1. The first-order valence-electron chi connectivity index (χ1n) is 9.14. The van der Waals surface area contributed by atoms with Crippen LogP contribution in [0.25, 0.3) is 0 Å². The molecule has 27 heavy (non-hydrogen) atoms. The van der Waals surface area contributed by atoms with E-state index in [1.54, 1.807) is 11.8 Å². The normalized spacial score (nSPS) is 16.0. The molecule has 2 aromatic carbocycles. The minimum absolute atomic E-state index is 0.259. The van der Waals surface area contributed by atoms with Crippen LogP contribution < -0.4 is 10.8 Å².